The molecule has 0 bridgehead atoms. The Morgan fingerprint density at radius 1 is 0.870 bits per heavy atom. The Hall–Kier alpha value is -1.92. The van der Waals surface area contributed by atoms with E-state index in [-0.39, 0.29) is 27.2 Å². The third-order valence-corrected chi connectivity index (χ3v) is 4.67. The lowest BCUT2D eigenvalue weighted by Crippen LogP contribution is -2.12. The summed E-state index contributed by atoms with van der Waals surface area (Å²) in [6.45, 7) is 3.72. The molecule has 0 saturated heterocycles. The van der Waals surface area contributed by atoms with Gasteiger partial charge in [-0.05, 0) is 37.1 Å². The maximum Gasteiger partial charge on any atom is 0.343 e. The molecule has 0 N–H and O–H groups in total. The van der Waals surface area contributed by atoms with Crippen LogP contribution >= 0.6 is 11.6 Å². The van der Waals surface area contributed by atoms with Crippen molar-refractivity contribution < 1.29 is 22.1 Å². The highest BCUT2D eigenvalue weighted by Crippen LogP contribution is 2.36. The predicted octanol–water partition coefficient (Wildman–Crippen LogP) is 3.74. The molecule has 0 amide bonds. The molecule has 0 aliphatic rings. The Labute approximate surface area is 140 Å². The zero-order chi connectivity index (χ0) is 17.2. The van der Waals surface area contributed by atoms with E-state index in [2.05, 4.69) is 0 Å². The highest BCUT2D eigenvalue weighted by molar-refractivity contribution is 7.87. The van der Waals surface area contributed by atoms with E-state index in [1.54, 1.807) is 12.1 Å². The van der Waals surface area contributed by atoms with Crippen LogP contribution in [0.4, 0.5) is 0 Å². The van der Waals surface area contributed by atoms with Crippen molar-refractivity contribution in [3.8, 4) is 17.2 Å². The Kier molecular flexibility index (Phi) is 5.06. The third-order valence-electron chi connectivity index (χ3n) is 3.11. The molecule has 0 aliphatic carbocycles. The normalized spacial score (nSPS) is 11.2. The Morgan fingerprint density at radius 2 is 1.43 bits per heavy atom. The van der Waals surface area contributed by atoms with Gasteiger partial charge < -0.3 is 13.7 Å². The molecule has 0 radical (unpaired) electrons. The topological polar surface area (TPSA) is 61.8 Å². The van der Waals surface area contributed by atoms with Crippen molar-refractivity contribution in [2.24, 2.45) is 0 Å². The Morgan fingerprint density at radius 3 is 1.96 bits per heavy atom. The molecule has 23 heavy (non-hydrogen) atoms. The quantitative estimate of drug-likeness (QED) is 0.764. The van der Waals surface area contributed by atoms with E-state index >= 15 is 0 Å². The van der Waals surface area contributed by atoms with Gasteiger partial charge in [-0.15, -0.1) is 0 Å². The predicted molar refractivity (Wildman–Crippen MR) is 88.3 cm³/mol. The first-order valence-electron chi connectivity index (χ1n) is 6.71. The third kappa shape index (κ3) is 3.89. The fourth-order valence-electron chi connectivity index (χ4n) is 2.18. The van der Waals surface area contributed by atoms with Gasteiger partial charge in [0.15, 0.2) is 4.90 Å². The van der Waals surface area contributed by atoms with E-state index in [1.807, 2.05) is 19.9 Å². The van der Waals surface area contributed by atoms with Gasteiger partial charge >= 0.3 is 10.1 Å². The fraction of sp³-hybridized carbons (Fsp3) is 0.250. The molecule has 0 saturated carbocycles. The molecule has 2 aromatic rings. The van der Waals surface area contributed by atoms with Crippen molar-refractivity contribution in [1.82, 2.24) is 0 Å². The molecular weight excluding hydrogens is 340 g/mol. The Bertz CT molecular complexity index is 810. The molecule has 5 nitrogen and oxygen atoms in total. The summed E-state index contributed by atoms with van der Waals surface area (Å²) in [5.74, 6) is 0.536. The average Bonchev–Trinajstić information content (AvgIpc) is 2.44. The fourth-order valence-corrected chi connectivity index (χ4v) is 3.49. The number of methoxy groups -OCH3 is 2. The van der Waals surface area contributed by atoms with Crippen LogP contribution in [0.2, 0.25) is 5.02 Å². The van der Waals surface area contributed by atoms with Gasteiger partial charge in [-0.25, -0.2) is 0 Å². The second kappa shape index (κ2) is 6.68. The number of rotatable bonds is 5. The highest BCUT2D eigenvalue weighted by Gasteiger charge is 2.24. The number of hydrogen-bond donors (Lipinski definition) is 0. The lowest BCUT2D eigenvalue weighted by molar-refractivity contribution is 0.388. The van der Waals surface area contributed by atoms with Gasteiger partial charge in [0, 0.05) is 12.1 Å². The minimum Gasteiger partial charge on any atom is -0.495 e. The molecular formula is C16H17ClO5S. The minimum absolute atomic E-state index is 0.0835. The largest absolute Gasteiger partial charge is 0.495 e. The number of ether oxygens (including phenoxy) is 2. The van der Waals surface area contributed by atoms with Crippen LogP contribution in [0.25, 0.3) is 0 Å². The van der Waals surface area contributed by atoms with E-state index in [0.717, 1.165) is 11.1 Å². The summed E-state index contributed by atoms with van der Waals surface area (Å²) in [5, 5.41) is 0.245. The zero-order valence-corrected chi connectivity index (χ0v) is 14.8. The molecule has 2 aromatic carbocycles. The molecule has 0 unspecified atom stereocenters. The van der Waals surface area contributed by atoms with Crippen molar-refractivity contribution in [3.05, 3.63) is 46.5 Å². The van der Waals surface area contributed by atoms with Gasteiger partial charge in [0.1, 0.15) is 17.2 Å². The lowest BCUT2D eigenvalue weighted by atomic mass is 10.1. The van der Waals surface area contributed by atoms with Crippen molar-refractivity contribution >= 4 is 21.7 Å². The van der Waals surface area contributed by atoms with Crippen LogP contribution in [-0.2, 0) is 10.1 Å². The monoisotopic (exact) mass is 356 g/mol. The van der Waals surface area contributed by atoms with Gasteiger partial charge in [0.2, 0.25) is 0 Å². The Balaban J connectivity index is 2.50. The first-order chi connectivity index (χ1) is 10.8. The van der Waals surface area contributed by atoms with E-state index in [4.69, 9.17) is 25.3 Å². The van der Waals surface area contributed by atoms with Gasteiger partial charge in [-0.2, -0.15) is 8.42 Å². The lowest BCUT2D eigenvalue weighted by Gasteiger charge is -2.13. The molecule has 0 fully saturated rings. The first kappa shape index (κ1) is 17.4. The summed E-state index contributed by atoms with van der Waals surface area (Å²) in [6, 6.07) is 7.86. The van der Waals surface area contributed by atoms with Crippen LogP contribution < -0.4 is 13.7 Å². The van der Waals surface area contributed by atoms with Crippen LogP contribution in [0.5, 0.6) is 17.2 Å². The van der Waals surface area contributed by atoms with Crippen molar-refractivity contribution in [1.29, 1.82) is 0 Å². The number of halogens is 1. The van der Waals surface area contributed by atoms with E-state index in [0.29, 0.717) is 0 Å². The molecule has 2 rings (SSSR count). The zero-order valence-electron chi connectivity index (χ0n) is 13.2. The van der Waals surface area contributed by atoms with Crippen molar-refractivity contribution in [3.63, 3.8) is 0 Å². The molecule has 0 aliphatic heterocycles. The maximum absolute atomic E-state index is 12.6. The van der Waals surface area contributed by atoms with Crippen LogP contribution in [0.3, 0.4) is 0 Å². The molecule has 0 spiro atoms. The molecule has 124 valence electrons. The highest BCUT2D eigenvalue weighted by atomic mass is 35.5. The number of benzene rings is 2. The number of aryl methyl sites for hydroxylation is 2. The van der Waals surface area contributed by atoms with Gasteiger partial charge in [-0.3, -0.25) is 0 Å². The van der Waals surface area contributed by atoms with E-state index < -0.39 is 10.1 Å². The van der Waals surface area contributed by atoms with Gasteiger partial charge in [-0.1, -0.05) is 17.7 Å². The summed E-state index contributed by atoms with van der Waals surface area (Å²) in [7, 11) is -1.35. The van der Waals surface area contributed by atoms with Crippen molar-refractivity contribution in [2.75, 3.05) is 14.2 Å². The second-order valence-corrected chi connectivity index (χ2v) is 6.92. The summed E-state index contributed by atoms with van der Waals surface area (Å²) < 4.78 is 40.5. The summed E-state index contributed by atoms with van der Waals surface area (Å²) in [4.78, 5) is -0.152. The van der Waals surface area contributed by atoms with Gasteiger partial charge in [0.25, 0.3) is 0 Å². The van der Waals surface area contributed by atoms with E-state index in [1.165, 1.54) is 26.4 Å². The van der Waals surface area contributed by atoms with Crippen LogP contribution in [0.1, 0.15) is 11.1 Å². The van der Waals surface area contributed by atoms with Crippen LogP contribution in [0, 0.1) is 13.8 Å². The van der Waals surface area contributed by atoms with E-state index in [9.17, 15) is 8.42 Å². The molecule has 7 heteroatoms. The smallest absolute Gasteiger partial charge is 0.343 e. The molecule has 0 aromatic heterocycles. The maximum atomic E-state index is 12.6. The minimum atomic E-state index is -4.10. The molecule has 0 atom stereocenters. The standard InChI is InChI=1S/C16H17ClO5S/c1-10-5-11(2)7-12(6-10)22-23(18,19)16-9-14(20-3)13(17)8-15(16)21-4/h5-9H,1-4H3. The summed E-state index contributed by atoms with van der Waals surface area (Å²) >= 11 is 5.99. The summed E-state index contributed by atoms with van der Waals surface area (Å²) in [6.07, 6.45) is 0. The SMILES string of the molecule is COc1cc(S(=O)(=O)Oc2cc(C)cc(C)c2)c(OC)cc1Cl. The van der Waals surface area contributed by atoms with Gasteiger partial charge in [0.05, 0.1) is 19.2 Å². The molecule has 0 heterocycles. The van der Waals surface area contributed by atoms with Crippen LogP contribution in [-0.4, -0.2) is 22.6 Å². The van der Waals surface area contributed by atoms with Crippen LogP contribution in [0.15, 0.2) is 35.2 Å². The average molecular weight is 357 g/mol. The second-order valence-electron chi connectivity index (χ2n) is 5.00. The first-order valence-corrected chi connectivity index (χ1v) is 8.49. The summed E-state index contributed by atoms with van der Waals surface area (Å²) in [5.41, 5.74) is 1.80. The van der Waals surface area contributed by atoms with Crippen molar-refractivity contribution in [2.45, 2.75) is 18.7 Å². The number of hydrogen-bond acceptors (Lipinski definition) is 5.